The molecule has 0 aliphatic heterocycles. The standard InChI is InChI=1S/C33H21BrN2/c34-32-27-14-6-4-12-25(27)31(26-13-5-7-15-28(26)32)22-18-20-23(21-19-22)33-35-29-16-8-9-17-30(29)36(33)24-10-2-1-3-11-24/h1-21H. The van der Waals surface area contributed by atoms with E-state index in [1.807, 2.05) is 12.1 Å². The molecule has 2 nitrogen and oxygen atoms in total. The molecule has 0 bridgehead atoms. The van der Waals surface area contributed by atoms with Gasteiger partial charge in [0.1, 0.15) is 5.82 Å². The molecule has 0 spiro atoms. The minimum atomic E-state index is 0.944. The third-order valence-corrected chi connectivity index (χ3v) is 7.73. The van der Waals surface area contributed by atoms with Crippen LogP contribution in [0, 0.1) is 0 Å². The number of benzene rings is 6. The van der Waals surface area contributed by atoms with E-state index in [9.17, 15) is 0 Å². The van der Waals surface area contributed by atoms with E-state index >= 15 is 0 Å². The fourth-order valence-electron chi connectivity index (χ4n) is 5.23. The Kier molecular flexibility index (Phi) is 4.97. The summed E-state index contributed by atoms with van der Waals surface area (Å²) in [7, 11) is 0. The highest BCUT2D eigenvalue weighted by Gasteiger charge is 2.16. The SMILES string of the molecule is Brc1c2ccccc2c(-c2ccc(-c3nc4ccccc4n3-c3ccccc3)cc2)c2ccccc12. The molecule has 1 aromatic heterocycles. The van der Waals surface area contributed by atoms with Crippen LogP contribution < -0.4 is 0 Å². The summed E-state index contributed by atoms with van der Waals surface area (Å²) in [6, 6.07) is 44.8. The van der Waals surface area contributed by atoms with Crippen molar-refractivity contribution in [2.24, 2.45) is 0 Å². The highest BCUT2D eigenvalue weighted by molar-refractivity contribution is 9.10. The van der Waals surface area contributed by atoms with Gasteiger partial charge in [0.05, 0.1) is 11.0 Å². The van der Waals surface area contributed by atoms with Crippen molar-refractivity contribution in [3.63, 3.8) is 0 Å². The Labute approximate surface area is 217 Å². The van der Waals surface area contributed by atoms with Gasteiger partial charge in [-0.3, -0.25) is 4.57 Å². The smallest absolute Gasteiger partial charge is 0.145 e. The van der Waals surface area contributed by atoms with E-state index in [2.05, 4.69) is 136 Å². The normalized spacial score (nSPS) is 11.5. The van der Waals surface area contributed by atoms with E-state index in [-0.39, 0.29) is 0 Å². The van der Waals surface area contributed by atoms with Crippen molar-refractivity contribution in [1.29, 1.82) is 0 Å². The summed E-state index contributed by atoms with van der Waals surface area (Å²) >= 11 is 3.87. The average Bonchev–Trinajstić information content (AvgIpc) is 3.34. The monoisotopic (exact) mass is 524 g/mol. The molecule has 36 heavy (non-hydrogen) atoms. The summed E-state index contributed by atoms with van der Waals surface area (Å²) in [5, 5.41) is 4.93. The zero-order chi connectivity index (χ0) is 24.1. The Bertz CT molecular complexity index is 1830. The molecule has 0 radical (unpaired) electrons. The van der Waals surface area contributed by atoms with Crippen molar-refractivity contribution < 1.29 is 0 Å². The van der Waals surface area contributed by atoms with Crippen LogP contribution in [-0.4, -0.2) is 9.55 Å². The molecule has 0 fully saturated rings. The first-order valence-electron chi connectivity index (χ1n) is 12.0. The van der Waals surface area contributed by atoms with E-state index in [1.54, 1.807) is 0 Å². The van der Waals surface area contributed by atoms with Gasteiger partial charge in [0.2, 0.25) is 0 Å². The van der Waals surface area contributed by atoms with Gasteiger partial charge in [-0.15, -0.1) is 0 Å². The second-order valence-corrected chi connectivity index (χ2v) is 9.75. The van der Waals surface area contributed by atoms with Gasteiger partial charge in [-0.2, -0.15) is 0 Å². The third kappa shape index (κ3) is 3.28. The molecule has 0 atom stereocenters. The van der Waals surface area contributed by atoms with Crippen molar-refractivity contribution in [2.75, 3.05) is 0 Å². The highest BCUT2D eigenvalue weighted by atomic mass is 79.9. The van der Waals surface area contributed by atoms with Crippen molar-refractivity contribution in [1.82, 2.24) is 9.55 Å². The van der Waals surface area contributed by atoms with Crippen LogP contribution in [0.5, 0.6) is 0 Å². The molecule has 0 amide bonds. The van der Waals surface area contributed by atoms with Crippen LogP contribution in [0.15, 0.2) is 132 Å². The summed E-state index contributed by atoms with van der Waals surface area (Å²) < 4.78 is 3.39. The lowest BCUT2D eigenvalue weighted by atomic mass is 9.91. The van der Waals surface area contributed by atoms with Crippen molar-refractivity contribution >= 4 is 48.5 Å². The second kappa shape index (κ2) is 8.47. The fourth-order valence-corrected chi connectivity index (χ4v) is 5.92. The topological polar surface area (TPSA) is 17.8 Å². The van der Waals surface area contributed by atoms with E-state index in [0.29, 0.717) is 0 Å². The molecule has 0 saturated carbocycles. The number of hydrogen-bond acceptors (Lipinski definition) is 1. The van der Waals surface area contributed by atoms with Crippen molar-refractivity contribution in [3.05, 3.63) is 132 Å². The Morgan fingerprint density at radius 3 is 1.69 bits per heavy atom. The minimum Gasteiger partial charge on any atom is -0.292 e. The molecule has 7 rings (SSSR count). The molecule has 3 heteroatoms. The maximum absolute atomic E-state index is 5.03. The first-order chi connectivity index (χ1) is 17.8. The van der Waals surface area contributed by atoms with E-state index < -0.39 is 0 Å². The summed E-state index contributed by atoms with van der Waals surface area (Å²) in [4.78, 5) is 5.03. The van der Waals surface area contributed by atoms with Gasteiger partial charge in [0, 0.05) is 15.7 Å². The summed E-state index contributed by atoms with van der Waals surface area (Å²) in [5.41, 5.74) is 6.74. The van der Waals surface area contributed by atoms with Gasteiger partial charge in [-0.1, -0.05) is 103 Å². The van der Waals surface area contributed by atoms with E-state index in [1.165, 1.54) is 32.7 Å². The molecular weight excluding hydrogens is 504 g/mol. The number of nitrogens with zero attached hydrogens (tertiary/aromatic N) is 2. The molecule has 7 aromatic rings. The van der Waals surface area contributed by atoms with Crippen LogP contribution in [0.2, 0.25) is 0 Å². The number of hydrogen-bond donors (Lipinski definition) is 0. The molecule has 0 saturated heterocycles. The first kappa shape index (κ1) is 21.1. The minimum absolute atomic E-state index is 0.944. The molecule has 0 unspecified atom stereocenters. The summed E-state index contributed by atoms with van der Waals surface area (Å²) in [6.07, 6.45) is 0. The predicted octanol–water partition coefficient (Wildman–Crippen LogP) is 9.43. The van der Waals surface area contributed by atoms with Crippen molar-refractivity contribution in [2.45, 2.75) is 0 Å². The van der Waals surface area contributed by atoms with E-state index in [0.717, 1.165) is 32.6 Å². The van der Waals surface area contributed by atoms with Crippen LogP contribution in [0.25, 0.3) is 60.8 Å². The molecular formula is C33H21BrN2. The Morgan fingerprint density at radius 1 is 0.500 bits per heavy atom. The summed E-state index contributed by atoms with van der Waals surface area (Å²) in [6.45, 7) is 0. The lowest BCUT2D eigenvalue weighted by Gasteiger charge is -2.15. The molecule has 0 aliphatic rings. The second-order valence-electron chi connectivity index (χ2n) is 8.95. The zero-order valence-corrected chi connectivity index (χ0v) is 21.0. The van der Waals surface area contributed by atoms with Gasteiger partial charge in [-0.25, -0.2) is 4.98 Å². The largest absolute Gasteiger partial charge is 0.292 e. The van der Waals surface area contributed by atoms with Crippen LogP contribution in [0.1, 0.15) is 0 Å². The molecule has 170 valence electrons. The van der Waals surface area contributed by atoms with Gasteiger partial charge in [0.25, 0.3) is 0 Å². The average molecular weight is 525 g/mol. The third-order valence-electron chi connectivity index (χ3n) is 6.87. The fraction of sp³-hybridized carbons (Fsp3) is 0. The van der Waals surface area contributed by atoms with E-state index in [4.69, 9.17) is 4.98 Å². The Balaban J connectivity index is 1.44. The maximum Gasteiger partial charge on any atom is 0.145 e. The first-order valence-corrected chi connectivity index (χ1v) is 12.8. The van der Waals surface area contributed by atoms with Crippen molar-refractivity contribution in [3.8, 4) is 28.2 Å². The van der Waals surface area contributed by atoms with Crippen LogP contribution in [0.3, 0.4) is 0 Å². The van der Waals surface area contributed by atoms with Gasteiger partial charge >= 0.3 is 0 Å². The number of fused-ring (bicyclic) bond motifs is 3. The predicted molar refractivity (Wildman–Crippen MR) is 155 cm³/mol. The molecule has 6 aromatic carbocycles. The number of imidazole rings is 1. The Hall–Kier alpha value is -4.21. The summed E-state index contributed by atoms with van der Waals surface area (Å²) in [5.74, 6) is 0.944. The lowest BCUT2D eigenvalue weighted by molar-refractivity contribution is 1.10. The number of rotatable bonds is 3. The van der Waals surface area contributed by atoms with Gasteiger partial charge < -0.3 is 0 Å². The highest BCUT2D eigenvalue weighted by Crippen LogP contribution is 2.42. The van der Waals surface area contributed by atoms with Crippen LogP contribution in [-0.2, 0) is 0 Å². The molecule has 1 heterocycles. The van der Waals surface area contributed by atoms with Crippen LogP contribution in [0.4, 0.5) is 0 Å². The quantitative estimate of drug-likeness (QED) is 0.210. The lowest BCUT2D eigenvalue weighted by Crippen LogP contribution is -1.97. The zero-order valence-electron chi connectivity index (χ0n) is 19.4. The number of halogens is 1. The van der Waals surface area contributed by atoms with Gasteiger partial charge in [0.15, 0.2) is 0 Å². The Morgan fingerprint density at radius 2 is 1.03 bits per heavy atom. The molecule has 0 N–H and O–H groups in total. The molecule has 0 aliphatic carbocycles. The maximum atomic E-state index is 5.03. The van der Waals surface area contributed by atoms with Gasteiger partial charge in [-0.05, 0) is 72.9 Å². The number of para-hydroxylation sites is 3. The van der Waals surface area contributed by atoms with Crippen LogP contribution >= 0.6 is 15.9 Å². The number of aromatic nitrogens is 2.